The molecule has 0 bridgehead atoms. The van der Waals surface area contributed by atoms with Crippen LogP contribution in [0.1, 0.15) is 53.2 Å². The first kappa shape index (κ1) is 36.8. The summed E-state index contributed by atoms with van der Waals surface area (Å²) in [4.78, 5) is 55.6. The van der Waals surface area contributed by atoms with E-state index >= 15 is 4.39 Å². The van der Waals surface area contributed by atoms with Gasteiger partial charge in [-0.2, -0.15) is 27.8 Å². The smallest absolute Gasteiger partial charge is 0.416 e. The number of aromatic hydroxyl groups is 1. The van der Waals surface area contributed by atoms with E-state index < -0.39 is 53.2 Å². The topological polar surface area (TPSA) is 175 Å². The Bertz CT molecular complexity index is 2630. The highest BCUT2D eigenvalue weighted by atomic mass is 35.5. The molecule has 6 aromatic rings. The van der Waals surface area contributed by atoms with E-state index in [1.165, 1.54) is 50.9 Å². The number of likely N-dealkylation sites (tertiary alicyclic amines) is 1. The third kappa shape index (κ3) is 6.21. The van der Waals surface area contributed by atoms with E-state index in [9.17, 15) is 32.7 Å². The number of amides is 2. The molecule has 8 rings (SSSR count). The second kappa shape index (κ2) is 13.5. The maximum absolute atomic E-state index is 15.5. The molecule has 1 fully saturated rings. The second-order valence-electron chi connectivity index (χ2n) is 13.4. The Morgan fingerprint density at radius 1 is 1.11 bits per heavy atom. The number of anilines is 1. The molecule has 0 unspecified atom stereocenters. The summed E-state index contributed by atoms with van der Waals surface area (Å²) < 4.78 is 65.7. The van der Waals surface area contributed by atoms with Gasteiger partial charge in [-0.25, -0.2) is 19.0 Å². The first-order chi connectivity index (χ1) is 26.6. The molecule has 2 aliphatic heterocycles. The highest BCUT2D eigenvalue weighted by molar-refractivity contribution is 6.33. The van der Waals surface area contributed by atoms with Crippen LogP contribution < -0.4 is 10.9 Å². The van der Waals surface area contributed by atoms with Crippen molar-refractivity contribution in [1.29, 1.82) is 0 Å². The number of pyridine rings is 1. The summed E-state index contributed by atoms with van der Waals surface area (Å²) in [6, 6.07) is 9.55. The third-order valence-corrected chi connectivity index (χ3v) is 10.2. The Morgan fingerprint density at radius 2 is 1.88 bits per heavy atom. The Labute approximate surface area is 318 Å². The van der Waals surface area contributed by atoms with Gasteiger partial charge < -0.3 is 24.6 Å². The second-order valence-corrected chi connectivity index (χ2v) is 13.8. The number of carbonyl (C=O) groups excluding carboxylic acids is 2. The maximum atomic E-state index is 15.5. The van der Waals surface area contributed by atoms with E-state index in [0.29, 0.717) is 11.8 Å². The van der Waals surface area contributed by atoms with Crippen molar-refractivity contribution in [2.75, 3.05) is 18.4 Å². The van der Waals surface area contributed by atoms with Crippen molar-refractivity contribution < 1.29 is 37.0 Å². The van der Waals surface area contributed by atoms with Crippen LogP contribution in [0.2, 0.25) is 5.02 Å². The number of hydrogen-bond donors (Lipinski definition) is 2. The van der Waals surface area contributed by atoms with Crippen molar-refractivity contribution in [3.63, 3.8) is 0 Å². The Kier molecular flexibility index (Phi) is 8.87. The number of aryl methyl sites for hydroxylation is 1. The molecule has 2 amide bonds. The third-order valence-electron chi connectivity index (χ3n) is 9.93. The van der Waals surface area contributed by atoms with Gasteiger partial charge in [-0.3, -0.25) is 14.4 Å². The lowest BCUT2D eigenvalue weighted by molar-refractivity contribution is -0.137. The number of fused-ring (bicyclic) bond motifs is 3. The SMILES string of the molecule is C[C@H]1OC2(CCN(C(=O)c3ncccc3O)CC2)c2c1n(CC(=O)Nc1ccc(C(F)(F)F)cc1Cl)c1nc(-c3ccc(-c4ncnn4C)c(F)c3)nn1c2=O. The van der Waals surface area contributed by atoms with Crippen LogP contribution in [0.3, 0.4) is 0 Å². The number of nitrogens with one attached hydrogen (secondary N) is 1. The summed E-state index contributed by atoms with van der Waals surface area (Å²) in [5.41, 5.74) is -2.24. The molecule has 2 N–H and O–H groups in total. The summed E-state index contributed by atoms with van der Waals surface area (Å²) in [6.45, 7) is 1.40. The predicted molar refractivity (Wildman–Crippen MR) is 190 cm³/mol. The molecule has 6 heterocycles. The van der Waals surface area contributed by atoms with Crippen molar-refractivity contribution in [2.45, 2.75) is 44.2 Å². The van der Waals surface area contributed by atoms with Gasteiger partial charge >= 0.3 is 6.18 Å². The van der Waals surface area contributed by atoms with Crippen LogP contribution in [-0.2, 0) is 34.9 Å². The Morgan fingerprint density at radius 3 is 2.54 bits per heavy atom. The summed E-state index contributed by atoms with van der Waals surface area (Å²) in [6.07, 6.45) is -2.49. The Hall–Kier alpha value is -6.21. The Balaban J connectivity index is 1.20. The van der Waals surface area contributed by atoms with E-state index in [1.807, 2.05) is 0 Å². The first-order valence-electron chi connectivity index (χ1n) is 17.1. The minimum absolute atomic E-state index is 0.0488. The number of carbonyl (C=O) groups is 2. The van der Waals surface area contributed by atoms with Crippen molar-refractivity contribution in [3.05, 3.63) is 105 Å². The number of aromatic nitrogens is 8. The van der Waals surface area contributed by atoms with Gasteiger partial charge in [-0.05, 0) is 62.2 Å². The van der Waals surface area contributed by atoms with Gasteiger partial charge in [0.25, 0.3) is 11.5 Å². The van der Waals surface area contributed by atoms with Gasteiger partial charge in [0.15, 0.2) is 17.3 Å². The predicted octanol–water partition coefficient (Wildman–Crippen LogP) is 5.13. The number of benzene rings is 2. The van der Waals surface area contributed by atoms with E-state index in [4.69, 9.17) is 16.3 Å². The summed E-state index contributed by atoms with van der Waals surface area (Å²) in [5.74, 6) is -2.05. The van der Waals surface area contributed by atoms with Gasteiger partial charge in [-0.1, -0.05) is 17.7 Å². The number of rotatable bonds is 6. The van der Waals surface area contributed by atoms with Gasteiger partial charge in [0.1, 0.15) is 30.0 Å². The van der Waals surface area contributed by atoms with Gasteiger partial charge in [0, 0.05) is 31.9 Å². The lowest BCUT2D eigenvalue weighted by atomic mass is 9.85. The molecule has 56 heavy (non-hydrogen) atoms. The van der Waals surface area contributed by atoms with Gasteiger partial charge in [0.05, 0.1) is 39.2 Å². The van der Waals surface area contributed by atoms with Crippen LogP contribution in [0.4, 0.5) is 23.2 Å². The fourth-order valence-electron chi connectivity index (χ4n) is 7.31. The number of hydrogen-bond acceptors (Lipinski definition) is 10. The molecule has 0 radical (unpaired) electrons. The molecule has 1 spiro atoms. The quantitative estimate of drug-likeness (QED) is 0.215. The van der Waals surface area contributed by atoms with E-state index in [0.717, 1.165) is 16.6 Å². The largest absolute Gasteiger partial charge is 0.505 e. The van der Waals surface area contributed by atoms with E-state index in [-0.39, 0.29) is 82.2 Å². The zero-order chi connectivity index (χ0) is 39.7. The minimum Gasteiger partial charge on any atom is -0.505 e. The minimum atomic E-state index is -4.66. The maximum Gasteiger partial charge on any atom is 0.416 e. The average Bonchev–Trinajstić information content (AvgIpc) is 3.87. The van der Waals surface area contributed by atoms with Crippen molar-refractivity contribution >= 4 is 34.9 Å². The first-order valence-corrected chi connectivity index (χ1v) is 17.5. The number of nitrogens with zero attached hydrogens (tertiary/aromatic N) is 9. The lowest BCUT2D eigenvalue weighted by Gasteiger charge is -2.39. The molecule has 2 aromatic carbocycles. The molecule has 4 aromatic heterocycles. The molecular formula is C36H29ClF4N10O5. The molecule has 0 saturated carbocycles. The number of piperidine rings is 1. The molecule has 15 nitrogen and oxygen atoms in total. The standard InChI is InChI=1S/C36H29ClF4N10O5/c1-18-29-27(35(56-18)9-12-49(13-10-35)33(55)28-25(52)4-3-11-42-28)32(54)51-34(50(29)16-26(53)45-24-8-6-20(15-22(24)37)36(39,40)41)46-30(47-51)19-5-7-21(23(38)14-19)31-43-17-44-48(31)2/h3-8,11,14-15,17-18,52H,9-10,12-13,16H2,1-2H3,(H,45,53)/t18-/m1/s1. The van der Waals surface area contributed by atoms with Crippen molar-refractivity contribution in [1.82, 2.24) is 43.8 Å². The van der Waals surface area contributed by atoms with Crippen LogP contribution in [0.5, 0.6) is 5.75 Å². The fraction of sp³-hybridized carbons (Fsp3) is 0.278. The van der Waals surface area contributed by atoms with E-state index in [1.54, 1.807) is 20.0 Å². The van der Waals surface area contributed by atoms with E-state index in [2.05, 4.69) is 30.5 Å². The zero-order valence-corrected chi connectivity index (χ0v) is 30.1. The van der Waals surface area contributed by atoms with Crippen LogP contribution in [0.25, 0.3) is 28.6 Å². The molecule has 20 heteroatoms. The highest BCUT2D eigenvalue weighted by Gasteiger charge is 2.50. The van der Waals surface area contributed by atoms with Crippen molar-refractivity contribution in [3.8, 4) is 28.5 Å². The van der Waals surface area contributed by atoms with Crippen LogP contribution >= 0.6 is 11.6 Å². The van der Waals surface area contributed by atoms with Crippen LogP contribution in [0, 0.1) is 5.82 Å². The number of halogens is 5. The van der Waals surface area contributed by atoms with Crippen LogP contribution in [-0.4, -0.2) is 73.8 Å². The molecule has 1 atom stereocenters. The fourth-order valence-corrected chi connectivity index (χ4v) is 7.54. The normalized spacial score (nSPS) is 16.4. The van der Waals surface area contributed by atoms with Gasteiger partial charge in [0.2, 0.25) is 11.7 Å². The number of alkyl halides is 3. The highest BCUT2D eigenvalue weighted by Crippen LogP contribution is 2.48. The summed E-state index contributed by atoms with van der Waals surface area (Å²) in [5, 5.41) is 20.9. The molecular weight excluding hydrogens is 764 g/mol. The van der Waals surface area contributed by atoms with Gasteiger partial charge in [-0.15, -0.1) is 5.10 Å². The number of ether oxygens (including phenoxy) is 1. The zero-order valence-electron chi connectivity index (χ0n) is 29.4. The monoisotopic (exact) mass is 792 g/mol. The average molecular weight is 793 g/mol. The lowest BCUT2D eigenvalue weighted by Crippen LogP contribution is -2.47. The summed E-state index contributed by atoms with van der Waals surface area (Å²) >= 11 is 6.14. The van der Waals surface area contributed by atoms with Crippen molar-refractivity contribution in [2.24, 2.45) is 7.05 Å². The molecule has 2 aliphatic rings. The molecule has 0 aliphatic carbocycles. The van der Waals surface area contributed by atoms with Crippen LogP contribution in [0.15, 0.2) is 65.8 Å². The summed E-state index contributed by atoms with van der Waals surface area (Å²) in [7, 11) is 1.61. The molecule has 288 valence electrons. The molecule has 1 saturated heterocycles.